The predicted octanol–water partition coefficient (Wildman–Crippen LogP) is 13.5. The molecule has 0 aromatic rings. The number of esters is 5. The molecule has 0 unspecified atom stereocenters. The van der Waals surface area contributed by atoms with Crippen molar-refractivity contribution in [2.75, 3.05) is 45.9 Å². The highest BCUT2D eigenvalue weighted by Crippen LogP contribution is 2.56. The number of carbonyl (C=O) groups excluding carboxylic acids is 5. The van der Waals surface area contributed by atoms with Crippen LogP contribution < -0.4 is 0 Å². The minimum atomic E-state index is -3.39. The van der Waals surface area contributed by atoms with Gasteiger partial charge >= 0.3 is 35.8 Å². The van der Waals surface area contributed by atoms with Crippen LogP contribution in [0.2, 0.25) is 0 Å². The summed E-state index contributed by atoms with van der Waals surface area (Å²) >= 11 is 0. The van der Waals surface area contributed by atoms with Crippen LogP contribution in [-0.2, 0) is 76.2 Å². The maximum atomic E-state index is 12.0. The molecule has 0 aliphatic heterocycles. The molecule has 0 amide bonds. The van der Waals surface area contributed by atoms with E-state index in [1.165, 1.54) is 6.42 Å². The smallest absolute Gasteiger partial charge is 0.306 e. The fraction of sp³-hybridized carbons (Fsp3) is 0.909. The molecule has 6 saturated carbocycles. The standard InChI is InChI=1S/C22H38O5.C18H30O5.C12H22O5S.C11H20O3.C3H8/c1-19(2,3)26-17(23)15-21(7-8-21)11-13-25-14-12-22(9-10-22)16-18(24)27-20(4,5)6;1-16(2,3)23-15(21)13-18(6-7-18)9-11-22-10-8-17(4-5-17)12-14(19)20;1-11(2,3)17-10(13)9-12(5-6-12)7-8-16-18(4,14)15;1-10(2,3)14-9(13)8-11(4-5-11)6-7-12;1-3-2/h7-16H2,1-6H3;4-13H2,1-3H3,(H,19,20);5-9H2,1-4H3;12H,4-8H2,1-3H3;3H2,1-2H3. The summed E-state index contributed by atoms with van der Waals surface area (Å²) in [7, 11) is -3.39. The molecule has 85 heavy (non-hydrogen) atoms. The van der Waals surface area contributed by atoms with Gasteiger partial charge in [-0.25, -0.2) is 0 Å². The van der Waals surface area contributed by atoms with E-state index in [9.17, 15) is 37.2 Å². The Balaban J connectivity index is 0.000000390. The van der Waals surface area contributed by atoms with Crippen molar-refractivity contribution in [2.45, 2.75) is 306 Å². The summed E-state index contributed by atoms with van der Waals surface area (Å²) in [6, 6.07) is 0. The summed E-state index contributed by atoms with van der Waals surface area (Å²) in [4.78, 5) is 70.0. The number of carbonyl (C=O) groups is 6. The zero-order valence-corrected chi connectivity index (χ0v) is 57.1. The number of rotatable bonds is 30. The Morgan fingerprint density at radius 2 is 0.553 bits per heavy atom. The number of aliphatic hydroxyl groups is 1. The van der Waals surface area contributed by atoms with Gasteiger partial charge in [0.2, 0.25) is 0 Å². The number of hydrogen-bond donors (Lipinski definition) is 2. The number of carboxylic acids is 1. The van der Waals surface area contributed by atoms with Gasteiger partial charge in [0, 0.05) is 33.0 Å². The number of aliphatic carboxylic acids is 1. The maximum Gasteiger partial charge on any atom is 0.306 e. The van der Waals surface area contributed by atoms with E-state index in [1.54, 1.807) is 0 Å². The molecular formula is C66H118O18S. The summed E-state index contributed by atoms with van der Waals surface area (Å²) in [5.41, 5.74) is -1.90. The van der Waals surface area contributed by atoms with Gasteiger partial charge in [0.05, 0.1) is 51.4 Å². The normalized spacial score (nSPS) is 19.3. The first-order valence-electron chi connectivity index (χ1n) is 31.7. The van der Waals surface area contributed by atoms with E-state index in [0.717, 1.165) is 115 Å². The van der Waals surface area contributed by atoms with Gasteiger partial charge in [-0.2, -0.15) is 8.42 Å². The predicted molar refractivity (Wildman–Crippen MR) is 328 cm³/mol. The quantitative estimate of drug-likeness (QED) is 0.0293. The SMILES string of the molecule is CC(C)(C)OC(=O)CC1(CCO)CC1.CC(C)(C)OC(=O)CC1(CCOCCC2(CC(=O)O)CC2)CC1.CC(C)(C)OC(=O)CC1(CCOCCC2(CC(=O)OC(C)(C)C)CC2)CC1.CC(C)(C)OC(=O)CC1(CCOS(C)(=O)=O)CC1.CCC. The van der Waals surface area contributed by atoms with Crippen molar-refractivity contribution in [3.63, 3.8) is 0 Å². The molecule has 18 nitrogen and oxygen atoms in total. The van der Waals surface area contributed by atoms with E-state index in [-0.39, 0.29) is 82.0 Å². The van der Waals surface area contributed by atoms with Crippen LogP contribution in [-0.4, -0.2) is 128 Å². The molecule has 19 heteroatoms. The van der Waals surface area contributed by atoms with Crippen LogP contribution in [0.15, 0.2) is 0 Å². The van der Waals surface area contributed by atoms with Crippen molar-refractivity contribution < 1.29 is 84.7 Å². The van der Waals surface area contributed by atoms with E-state index in [1.807, 2.05) is 104 Å². The van der Waals surface area contributed by atoms with Gasteiger partial charge in [0.15, 0.2) is 0 Å². The molecule has 496 valence electrons. The lowest BCUT2D eigenvalue weighted by Crippen LogP contribution is -2.26. The van der Waals surface area contributed by atoms with E-state index in [4.69, 9.17) is 47.6 Å². The molecule has 0 bridgehead atoms. The Morgan fingerprint density at radius 1 is 0.365 bits per heavy atom. The summed E-state index contributed by atoms with van der Waals surface area (Å²) in [5, 5.41) is 17.7. The first-order chi connectivity index (χ1) is 38.8. The van der Waals surface area contributed by atoms with Crippen LogP contribution in [0.25, 0.3) is 0 Å². The van der Waals surface area contributed by atoms with Crippen LogP contribution in [0.3, 0.4) is 0 Å². The zero-order valence-electron chi connectivity index (χ0n) is 56.3. The maximum absolute atomic E-state index is 12.0. The number of ether oxygens (including phenoxy) is 7. The van der Waals surface area contributed by atoms with Gasteiger partial charge in [-0.1, -0.05) is 20.3 Å². The first-order valence-corrected chi connectivity index (χ1v) is 33.5. The molecule has 0 aromatic carbocycles. The highest BCUT2D eigenvalue weighted by atomic mass is 32.2. The molecular weight excluding hydrogens is 1110 g/mol. The number of hydrogen-bond acceptors (Lipinski definition) is 17. The van der Waals surface area contributed by atoms with Crippen molar-refractivity contribution >= 4 is 45.9 Å². The summed E-state index contributed by atoms with van der Waals surface area (Å²) < 4.78 is 64.7. The van der Waals surface area contributed by atoms with Crippen LogP contribution in [0.1, 0.15) is 278 Å². The minimum absolute atomic E-state index is 0.000381. The van der Waals surface area contributed by atoms with Crippen molar-refractivity contribution in [1.29, 1.82) is 0 Å². The van der Waals surface area contributed by atoms with E-state index in [0.29, 0.717) is 65.0 Å². The highest BCUT2D eigenvalue weighted by Gasteiger charge is 2.49. The van der Waals surface area contributed by atoms with Gasteiger partial charge in [0.25, 0.3) is 10.1 Å². The van der Waals surface area contributed by atoms with Gasteiger partial charge in [-0.3, -0.25) is 33.0 Å². The van der Waals surface area contributed by atoms with Gasteiger partial charge in [0.1, 0.15) is 28.0 Å². The average molecular weight is 1230 g/mol. The van der Waals surface area contributed by atoms with E-state index >= 15 is 0 Å². The van der Waals surface area contributed by atoms with Crippen LogP contribution in [0.5, 0.6) is 0 Å². The molecule has 0 heterocycles. The largest absolute Gasteiger partial charge is 0.481 e. The molecule has 0 radical (unpaired) electrons. The molecule has 6 aliphatic carbocycles. The minimum Gasteiger partial charge on any atom is -0.481 e. The third-order valence-electron chi connectivity index (χ3n) is 15.6. The van der Waals surface area contributed by atoms with E-state index in [2.05, 4.69) is 13.8 Å². The Hall–Kier alpha value is -3.39. The second-order valence-corrected chi connectivity index (χ2v) is 32.7. The Kier molecular flexibility index (Phi) is 29.6. The molecule has 0 atom stereocenters. The molecule has 6 fully saturated rings. The van der Waals surface area contributed by atoms with Gasteiger partial charge in [-0.05, 0) is 252 Å². The monoisotopic (exact) mass is 1230 g/mol. The van der Waals surface area contributed by atoms with E-state index < -0.39 is 44.1 Å². The molecule has 2 N–H and O–H groups in total. The highest BCUT2D eigenvalue weighted by molar-refractivity contribution is 7.85. The topological polar surface area (TPSA) is 251 Å². The van der Waals surface area contributed by atoms with Crippen molar-refractivity contribution in [2.24, 2.45) is 32.5 Å². The molecule has 6 rings (SSSR count). The summed E-state index contributed by atoms with van der Waals surface area (Å²) in [6.07, 6.45) is 22.1. The van der Waals surface area contributed by atoms with Crippen molar-refractivity contribution in [1.82, 2.24) is 0 Å². The van der Waals surface area contributed by atoms with Gasteiger partial charge < -0.3 is 43.4 Å². The van der Waals surface area contributed by atoms with Crippen molar-refractivity contribution in [3.05, 3.63) is 0 Å². The fourth-order valence-corrected chi connectivity index (χ4v) is 10.3. The van der Waals surface area contributed by atoms with Crippen molar-refractivity contribution in [3.8, 4) is 0 Å². The third-order valence-corrected chi connectivity index (χ3v) is 16.2. The Morgan fingerprint density at radius 3 is 0.718 bits per heavy atom. The second kappa shape index (κ2) is 32.4. The Labute approximate surface area is 513 Å². The van der Waals surface area contributed by atoms with Crippen LogP contribution >= 0.6 is 0 Å². The zero-order chi connectivity index (χ0) is 65.0. The molecule has 6 aliphatic rings. The Bertz CT molecular complexity index is 2160. The molecule has 0 saturated heterocycles. The van der Waals surface area contributed by atoms with Crippen LogP contribution in [0.4, 0.5) is 0 Å². The average Bonchev–Trinajstić information content (AvgIpc) is 4.29. The molecule has 0 aromatic heterocycles. The first kappa shape index (κ1) is 77.7. The lowest BCUT2D eigenvalue weighted by Gasteiger charge is -2.22. The summed E-state index contributed by atoms with van der Waals surface area (Å²) in [6.45, 7) is 35.3. The lowest BCUT2D eigenvalue weighted by atomic mass is 9.98. The number of aliphatic hydroxyl groups excluding tert-OH is 1. The fourth-order valence-electron chi connectivity index (χ4n) is 9.90. The molecule has 0 spiro atoms. The van der Waals surface area contributed by atoms with Gasteiger partial charge in [-0.15, -0.1) is 0 Å². The number of carboxylic acid groups (broad SMARTS) is 1. The second-order valence-electron chi connectivity index (χ2n) is 31.1. The van der Waals surface area contributed by atoms with Crippen LogP contribution in [0, 0.1) is 32.5 Å². The lowest BCUT2D eigenvalue weighted by molar-refractivity contribution is -0.157. The third kappa shape index (κ3) is 38.6. The summed E-state index contributed by atoms with van der Waals surface area (Å²) in [5.74, 6) is -1.39.